The van der Waals surface area contributed by atoms with E-state index in [1.807, 2.05) is 32.9 Å². The Bertz CT molecular complexity index is 718. The fourth-order valence-corrected chi connectivity index (χ4v) is 2.78. The summed E-state index contributed by atoms with van der Waals surface area (Å²) in [6.07, 6.45) is 2.38. The first-order valence-corrected chi connectivity index (χ1v) is 8.21. The van der Waals surface area contributed by atoms with Gasteiger partial charge in [-0.2, -0.15) is 0 Å². The van der Waals surface area contributed by atoms with Crippen LogP contribution in [0.25, 0.3) is 10.9 Å². The van der Waals surface area contributed by atoms with Crippen molar-refractivity contribution in [1.29, 1.82) is 0 Å². The largest absolute Gasteiger partial charge is 0.481 e. The molecule has 24 heavy (non-hydrogen) atoms. The first-order chi connectivity index (χ1) is 11.3. The van der Waals surface area contributed by atoms with Crippen molar-refractivity contribution in [2.75, 3.05) is 13.7 Å². The third-order valence-electron chi connectivity index (χ3n) is 3.80. The molecule has 1 amide bonds. The van der Waals surface area contributed by atoms with E-state index in [2.05, 4.69) is 10.3 Å². The lowest BCUT2D eigenvalue weighted by Crippen LogP contribution is -2.40. The summed E-state index contributed by atoms with van der Waals surface area (Å²) in [5, 5.41) is 4.31. The summed E-state index contributed by atoms with van der Waals surface area (Å²) in [5.74, 6) is 0.350. The van der Waals surface area contributed by atoms with Crippen LogP contribution in [0.1, 0.15) is 27.2 Å². The van der Waals surface area contributed by atoms with Crippen LogP contribution in [-0.4, -0.2) is 36.3 Å². The number of hydrogen-bond acceptors (Lipinski definition) is 4. The quantitative estimate of drug-likeness (QED) is 0.829. The zero-order valence-corrected chi connectivity index (χ0v) is 15.2. The molecule has 2 rings (SSSR count). The molecule has 1 aromatic carbocycles. The Kier molecular flexibility index (Phi) is 6.02. The van der Waals surface area contributed by atoms with E-state index in [1.165, 1.54) is 0 Å². The Morgan fingerprint density at radius 1 is 1.38 bits per heavy atom. The molecule has 0 bridgehead atoms. The molecule has 5 nitrogen and oxygen atoms in total. The smallest absolute Gasteiger partial charge is 0.258 e. The second kappa shape index (κ2) is 7.81. The minimum absolute atomic E-state index is 0.0175. The van der Waals surface area contributed by atoms with Crippen molar-refractivity contribution >= 4 is 28.4 Å². The Morgan fingerprint density at radius 3 is 2.83 bits per heavy atom. The molecule has 0 saturated heterocycles. The Morgan fingerprint density at radius 2 is 2.12 bits per heavy atom. The first kappa shape index (κ1) is 18.5. The Balaban J connectivity index is 1.96. The van der Waals surface area contributed by atoms with Crippen LogP contribution in [-0.2, 0) is 9.53 Å². The van der Waals surface area contributed by atoms with Crippen LogP contribution in [0.5, 0.6) is 5.75 Å². The van der Waals surface area contributed by atoms with Crippen LogP contribution in [0.3, 0.4) is 0 Å². The zero-order chi connectivity index (χ0) is 17.7. The van der Waals surface area contributed by atoms with Crippen molar-refractivity contribution < 1.29 is 14.3 Å². The van der Waals surface area contributed by atoms with Crippen molar-refractivity contribution in [3.05, 3.63) is 35.5 Å². The topological polar surface area (TPSA) is 60.5 Å². The molecule has 0 aliphatic heterocycles. The van der Waals surface area contributed by atoms with Crippen LogP contribution in [0.15, 0.2) is 30.5 Å². The molecule has 0 unspecified atom stereocenters. The molecule has 1 atom stereocenters. The van der Waals surface area contributed by atoms with E-state index in [4.69, 9.17) is 21.1 Å². The van der Waals surface area contributed by atoms with Gasteiger partial charge < -0.3 is 14.8 Å². The Labute approximate surface area is 147 Å². The number of benzene rings is 1. The molecule has 2 aromatic rings. The number of carbonyl (C=O) groups is 1. The lowest BCUT2D eigenvalue weighted by Gasteiger charge is -2.27. The van der Waals surface area contributed by atoms with E-state index in [9.17, 15) is 4.79 Å². The van der Waals surface area contributed by atoms with E-state index in [0.29, 0.717) is 22.7 Å². The van der Waals surface area contributed by atoms with E-state index in [0.717, 1.165) is 5.39 Å². The van der Waals surface area contributed by atoms with E-state index in [1.54, 1.807) is 25.4 Å². The minimum Gasteiger partial charge on any atom is -0.481 e. The summed E-state index contributed by atoms with van der Waals surface area (Å²) in [5.41, 5.74) is 0.357. The molecule has 6 heteroatoms. The number of nitrogens with zero attached hydrogens (tertiary/aromatic N) is 1. The number of amides is 1. The van der Waals surface area contributed by atoms with E-state index < -0.39 is 0 Å². The number of halogens is 1. The minimum atomic E-state index is -0.288. The van der Waals surface area contributed by atoms with Crippen LogP contribution >= 0.6 is 11.6 Å². The van der Waals surface area contributed by atoms with Gasteiger partial charge in [-0.15, -0.1) is 0 Å². The highest BCUT2D eigenvalue weighted by atomic mass is 35.5. The molecule has 0 aliphatic carbocycles. The summed E-state index contributed by atoms with van der Waals surface area (Å²) in [4.78, 5) is 16.4. The van der Waals surface area contributed by atoms with Crippen molar-refractivity contribution in [1.82, 2.24) is 10.3 Å². The highest BCUT2D eigenvalue weighted by molar-refractivity contribution is 6.35. The van der Waals surface area contributed by atoms with Gasteiger partial charge in [-0.05, 0) is 51.5 Å². The number of nitrogens with one attached hydrogen (secondary N) is 1. The molecule has 0 saturated carbocycles. The molecule has 130 valence electrons. The molecule has 1 heterocycles. The Hall–Kier alpha value is -1.85. The normalized spacial score (nSPS) is 12.9. The second-order valence-electron chi connectivity index (χ2n) is 6.37. The van der Waals surface area contributed by atoms with Gasteiger partial charge >= 0.3 is 0 Å². The molecule has 1 N–H and O–H groups in total. The summed E-state index contributed by atoms with van der Waals surface area (Å²) >= 11 is 6.15. The van der Waals surface area contributed by atoms with Gasteiger partial charge in [0.15, 0.2) is 6.61 Å². The van der Waals surface area contributed by atoms with Crippen LogP contribution < -0.4 is 10.1 Å². The van der Waals surface area contributed by atoms with E-state index >= 15 is 0 Å². The summed E-state index contributed by atoms with van der Waals surface area (Å²) in [6.45, 7) is 5.83. The lowest BCUT2D eigenvalue weighted by atomic mass is 10.00. The number of fused-ring (bicyclic) bond motifs is 1. The van der Waals surface area contributed by atoms with Gasteiger partial charge in [-0.25, -0.2) is 0 Å². The fourth-order valence-electron chi connectivity index (χ4n) is 2.56. The summed E-state index contributed by atoms with van der Waals surface area (Å²) in [6, 6.07) is 7.12. The molecule has 0 radical (unpaired) electrons. The highest BCUT2D eigenvalue weighted by Gasteiger charge is 2.21. The van der Waals surface area contributed by atoms with Gasteiger partial charge in [-0.3, -0.25) is 9.78 Å². The SMILES string of the molecule is COC(C)(C)C[C@@H](C)NC(=O)COc1ccc(Cl)c2cccnc12. The van der Waals surface area contributed by atoms with Crippen molar-refractivity contribution in [2.45, 2.75) is 38.8 Å². The second-order valence-corrected chi connectivity index (χ2v) is 6.78. The third-order valence-corrected chi connectivity index (χ3v) is 4.13. The predicted octanol–water partition coefficient (Wildman–Crippen LogP) is 3.59. The average molecular weight is 351 g/mol. The maximum absolute atomic E-state index is 12.1. The standard InChI is InChI=1S/C18H23ClN2O3/c1-12(10-18(2,3)23-4)21-16(22)11-24-15-8-7-14(19)13-6-5-9-20-17(13)15/h5-9,12H,10-11H2,1-4H3,(H,21,22)/t12-/m1/s1. The average Bonchev–Trinajstić information content (AvgIpc) is 2.54. The zero-order valence-electron chi connectivity index (χ0n) is 14.4. The van der Waals surface area contributed by atoms with Gasteiger partial charge in [0.05, 0.1) is 10.6 Å². The van der Waals surface area contributed by atoms with E-state index in [-0.39, 0.29) is 24.2 Å². The third kappa shape index (κ3) is 4.82. The van der Waals surface area contributed by atoms with Gasteiger partial charge in [-0.1, -0.05) is 11.6 Å². The summed E-state index contributed by atoms with van der Waals surface area (Å²) in [7, 11) is 1.66. The monoisotopic (exact) mass is 350 g/mol. The van der Waals surface area contributed by atoms with Crippen molar-refractivity contribution in [2.24, 2.45) is 0 Å². The van der Waals surface area contributed by atoms with Gasteiger partial charge in [0, 0.05) is 24.7 Å². The maximum atomic E-state index is 12.1. The van der Waals surface area contributed by atoms with Crippen LogP contribution in [0.2, 0.25) is 5.02 Å². The predicted molar refractivity (Wildman–Crippen MR) is 95.6 cm³/mol. The number of aromatic nitrogens is 1. The molecule has 0 aliphatic rings. The fraction of sp³-hybridized carbons (Fsp3) is 0.444. The number of ether oxygens (including phenoxy) is 2. The molecular weight excluding hydrogens is 328 g/mol. The number of methoxy groups -OCH3 is 1. The highest BCUT2D eigenvalue weighted by Crippen LogP contribution is 2.29. The molecule has 1 aromatic heterocycles. The van der Waals surface area contributed by atoms with Crippen LogP contribution in [0.4, 0.5) is 0 Å². The van der Waals surface area contributed by atoms with Crippen LogP contribution in [0, 0.1) is 0 Å². The first-order valence-electron chi connectivity index (χ1n) is 7.83. The molecule has 0 spiro atoms. The number of hydrogen-bond donors (Lipinski definition) is 1. The van der Waals surface area contributed by atoms with Gasteiger partial charge in [0.1, 0.15) is 11.3 Å². The summed E-state index contributed by atoms with van der Waals surface area (Å²) < 4.78 is 11.0. The number of carbonyl (C=O) groups excluding carboxylic acids is 1. The number of rotatable bonds is 7. The number of pyridine rings is 1. The maximum Gasteiger partial charge on any atom is 0.258 e. The van der Waals surface area contributed by atoms with Crippen molar-refractivity contribution in [3.8, 4) is 5.75 Å². The van der Waals surface area contributed by atoms with Gasteiger partial charge in [0.2, 0.25) is 0 Å². The lowest BCUT2D eigenvalue weighted by molar-refractivity contribution is -0.124. The van der Waals surface area contributed by atoms with Gasteiger partial charge in [0.25, 0.3) is 5.91 Å². The molecule has 0 fully saturated rings. The molecular formula is C18H23ClN2O3. The van der Waals surface area contributed by atoms with Crippen molar-refractivity contribution in [3.63, 3.8) is 0 Å².